The summed E-state index contributed by atoms with van der Waals surface area (Å²) >= 11 is 0. The van der Waals surface area contributed by atoms with Crippen LogP contribution in [0.2, 0.25) is 0 Å². The van der Waals surface area contributed by atoms with Crippen LogP contribution in [0.25, 0.3) is 0 Å². The van der Waals surface area contributed by atoms with Gasteiger partial charge in [-0.15, -0.1) is 0 Å². The molecule has 3 nitrogen and oxygen atoms in total. The standard InChI is InChI=1S/C9H8F2NO2/c1-6(5-10)7-3-2-4-8(11)9(7)12(13)14/h2-4H,5H2,1H3. The van der Waals surface area contributed by atoms with Crippen molar-refractivity contribution < 1.29 is 13.7 Å². The van der Waals surface area contributed by atoms with Crippen LogP contribution in [0.4, 0.5) is 14.5 Å². The van der Waals surface area contributed by atoms with E-state index in [1.807, 2.05) is 0 Å². The minimum Gasteiger partial charge on any atom is -0.258 e. The first-order chi connectivity index (χ1) is 6.57. The molecular weight excluding hydrogens is 192 g/mol. The van der Waals surface area contributed by atoms with Crippen molar-refractivity contribution in [2.24, 2.45) is 0 Å². The minimum absolute atomic E-state index is 0.0116. The number of halogens is 2. The molecule has 1 aromatic rings. The summed E-state index contributed by atoms with van der Waals surface area (Å²) in [5, 5.41) is 10.5. The molecule has 0 spiro atoms. The number of nitro benzene ring substituents is 1. The van der Waals surface area contributed by atoms with E-state index in [0.717, 1.165) is 6.07 Å². The average Bonchev–Trinajstić information content (AvgIpc) is 2.15. The van der Waals surface area contributed by atoms with Gasteiger partial charge in [-0.25, -0.2) is 0 Å². The molecule has 0 heterocycles. The number of benzene rings is 1. The Hall–Kier alpha value is -1.52. The lowest BCUT2D eigenvalue weighted by Gasteiger charge is -2.06. The van der Waals surface area contributed by atoms with E-state index in [0.29, 0.717) is 0 Å². The van der Waals surface area contributed by atoms with Gasteiger partial charge in [0.25, 0.3) is 0 Å². The van der Waals surface area contributed by atoms with Crippen molar-refractivity contribution in [1.82, 2.24) is 0 Å². The van der Waals surface area contributed by atoms with Crippen LogP contribution in [-0.2, 0) is 0 Å². The topological polar surface area (TPSA) is 43.1 Å². The first-order valence-corrected chi connectivity index (χ1v) is 3.89. The zero-order chi connectivity index (χ0) is 10.7. The van der Waals surface area contributed by atoms with E-state index in [9.17, 15) is 18.9 Å². The number of nitrogens with zero attached hydrogens (tertiary/aromatic N) is 1. The Morgan fingerprint density at radius 2 is 2.21 bits per heavy atom. The summed E-state index contributed by atoms with van der Waals surface area (Å²) in [5.74, 6) is -0.795. The number of para-hydroxylation sites is 1. The van der Waals surface area contributed by atoms with Gasteiger partial charge < -0.3 is 0 Å². The number of alkyl halides is 1. The smallest absolute Gasteiger partial charge is 0.258 e. The van der Waals surface area contributed by atoms with E-state index in [-0.39, 0.29) is 11.5 Å². The molecule has 0 aromatic heterocycles. The molecule has 0 unspecified atom stereocenters. The molecule has 1 aromatic carbocycles. The third kappa shape index (κ3) is 1.86. The van der Waals surface area contributed by atoms with Crippen LogP contribution in [0.5, 0.6) is 0 Å². The van der Waals surface area contributed by atoms with Gasteiger partial charge >= 0.3 is 5.69 Å². The zero-order valence-corrected chi connectivity index (χ0v) is 7.46. The third-order valence-electron chi connectivity index (χ3n) is 1.83. The molecule has 1 rings (SSSR count). The van der Waals surface area contributed by atoms with Crippen LogP contribution in [0, 0.1) is 21.8 Å². The maximum atomic E-state index is 13.0. The van der Waals surface area contributed by atoms with Gasteiger partial charge in [-0.1, -0.05) is 19.1 Å². The highest BCUT2D eigenvalue weighted by Crippen LogP contribution is 2.28. The second-order valence-corrected chi connectivity index (χ2v) is 2.81. The van der Waals surface area contributed by atoms with Gasteiger partial charge in [-0.2, -0.15) is 4.39 Å². The number of nitro groups is 1. The first kappa shape index (κ1) is 10.6. The molecule has 0 saturated carbocycles. The van der Waals surface area contributed by atoms with Gasteiger partial charge in [0, 0.05) is 11.5 Å². The van der Waals surface area contributed by atoms with E-state index in [1.54, 1.807) is 0 Å². The summed E-state index contributed by atoms with van der Waals surface area (Å²) in [5.41, 5.74) is -0.653. The monoisotopic (exact) mass is 200 g/mol. The van der Waals surface area contributed by atoms with Gasteiger partial charge in [-0.3, -0.25) is 14.5 Å². The fraction of sp³-hybridized carbons (Fsp3) is 0.222. The highest BCUT2D eigenvalue weighted by atomic mass is 19.1. The molecular formula is C9H8F2NO2. The summed E-state index contributed by atoms with van der Waals surface area (Å²) in [6, 6.07) is 3.63. The van der Waals surface area contributed by atoms with E-state index in [4.69, 9.17) is 0 Å². The van der Waals surface area contributed by atoms with Crippen molar-refractivity contribution >= 4 is 5.69 Å². The van der Waals surface area contributed by atoms with Crippen LogP contribution in [0.3, 0.4) is 0 Å². The highest BCUT2D eigenvalue weighted by Gasteiger charge is 2.23. The lowest BCUT2D eigenvalue weighted by Crippen LogP contribution is -2.04. The van der Waals surface area contributed by atoms with Crippen molar-refractivity contribution in [3.63, 3.8) is 0 Å². The third-order valence-corrected chi connectivity index (χ3v) is 1.83. The molecule has 0 fully saturated rings. The Labute approximate surface area is 79.5 Å². The minimum atomic E-state index is -0.944. The van der Waals surface area contributed by atoms with Gasteiger partial charge in [0.15, 0.2) is 0 Å². The summed E-state index contributed by atoms with van der Waals surface area (Å²) in [4.78, 5) is 9.65. The fourth-order valence-electron chi connectivity index (χ4n) is 1.12. The van der Waals surface area contributed by atoms with Crippen molar-refractivity contribution in [3.05, 3.63) is 45.6 Å². The van der Waals surface area contributed by atoms with E-state index in [2.05, 4.69) is 0 Å². The van der Waals surface area contributed by atoms with Crippen molar-refractivity contribution in [2.75, 3.05) is 6.67 Å². The molecule has 0 aliphatic carbocycles. The molecule has 0 atom stereocenters. The Morgan fingerprint density at radius 3 is 2.71 bits per heavy atom. The van der Waals surface area contributed by atoms with Crippen molar-refractivity contribution in [1.29, 1.82) is 0 Å². The molecule has 0 saturated heterocycles. The van der Waals surface area contributed by atoms with Crippen molar-refractivity contribution in [3.8, 4) is 0 Å². The Kier molecular flexibility index (Phi) is 3.11. The molecule has 5 heteroatoms. The van der Waals surface area contributed by atoms with Crippen LogP contribution in [-0.4, -0.2) is 11.6 Å². The summed E-state index contributed by atoms with van der Waals surface area (Å²) in [7, 11) is 0. The van der Waals surface area contributed by atoms with E-state index >= 15 is 0 Å². The van der Waals surface area contributed by atoms with Gasteiger partial charge in [-0.05, 0) is 6.07 Å². The maximum absolute atomic E-state index is 13.0. The van der Waals surface area contributed by atoms with Gasteiger partial charge in [0.1, 0.15) is 0 Å². The second kappa shape index (κ2) is 4.13. The van der Waals surface area contributed by atoms with Gasteiger partial charge in [0.05, 0.1) is 11.6 Å². The Morgan fingerprint density at radius 1 is 1.57 bits per heavy atom. The highest BCUT2D eigenvalue weighted by molar-refractivity contribution is 5.49. The van der Waals surface area contributed by atoms with Crippen molar-refractivity contribution in [2.45, 2.75) is 6.92 Å². The molecule has 0 amide bonds. The summed E-state index contributed by atoms with van der Waals surface area (Å²) < 4.78 is 25.3. The number of rotatable bonds is 3. The van der Waals surface area contributed by atoms with Crippen LogP contribution in [0.15, 0.2) is 18.2 Å². The Balaban J connectivity index is 3.28. The SMILES string of the molecule is C[C](CF)c1cccc(F)c1[N+](=O)[O-]. The number of hydrogen-bond donors (Lipinski definition) is 0. The largest absolute Gasteiger partial charge is 0.308 e. The van der Waals surface area contributed by atoms with Crippen LogP contribution in [0.1, 0.15) is 12.5 Å². The predicted molar refractivity (Wildman–Crippen MR) is 47.0 cm³/mol. The normalized spacial score (nSPS) is 10.6. The van der Waals surface area contributed by atoms with Gasteiger partial charge in [0.2, 0.25) is 5.82 Å². The molecule has 0 bridgehead atoms. The average molecular weight is 200 g/mol. The van der Waals surface area contributed by atoms with Crippen LogP contribution < -0.4 is 0 Å². The molecule has 0 aliphatic rings. The number of hydrogen-bond acceptors (Lipinski definition) is 2. The Bertz CT molecular complexity index is 355. The quantitative estimate of drug-likeness (QED) is 0.556. The maximum Gasteiger partial charge on any atom is 0.308 e. The fourth-order valence-corrected chi connectivity index (χ4v) is 1.12. The molecule has 75 valence electrons. The lowest BCUT2D eigenvalue weighted by molar-refractivity contribution is -0.388. The summed E-state index contributed by atoms with van der Waals surface area (Å²) in [6.45, 7) is 0.562. The molecule has 14 heavy (non-hydrogen) atoms. The lowest BCUT2D eigenvalue weighted by atomic mass is 10.0. The van der Waals surface area contributed by atoms with E-state index < -0.39 is 23.1 Å². The first-order valence-electron chi connectivity index (χ1n) is 3.89. The molecule has 0 N–H and O–H groups in total. The van der Waals surface area contributed by atoms with Crippen LogP contribution >= 0.6 is 0 Å². The molecule has 1 radical (unpaired) electrons. The zero-order valence-electron chi connectivity index (χ0n) is 7.46. The second-order valence-electron chi connectivity index (χ2n) is 2.81. The van der Waals surface area contributed by atoms with E-state index in [1.165, 1.54) is 19.1 Å². The molecule has 0 aliphatic heterocycles. The predicted octanol–water partition coefficient (Wildman–Crippen LogP) is 2.65. The summed E-state index contributed by atoms with van der Waals surface area (Å²) in [6.07, 6.45) is 0.